The summed E-state index contributed by atoms with van der Waals surface area (Å²) in [5.41, 5.74) is 9.87. The van der Waals surface area contributed by atoms with Gasteiger partial charge in [-0.05, 0) is 16.7 Å². The third-order valence-corrected chi connectivity index (χ3v) is 2.11. The van der Waals surface area contributed by atoms with E-state index in [1.807, 2.05) is 12.1 Å². The third-order valence-electron chi connectivity index (χ3n) is 1.96. The fraction of sp³-hybridized carbons (Fsp3) is 0. The number of nitrogens with zero attached hydrogens (tertiary/aromatic N) is 3. The van der Waals surface area contributed by atoms with E-state index >= 15 is 0 Å². The number of benzene rings is 2. The van der Waals surface area contributed by atoms with Gasteiger partial charge >= 0.3 is 0 Å². The maximum Gasteiger partial charge on any atom is 0.254 e. The molecule has 0 aliphatic carbocycles. The van der Waals surface area contributed by atoms with Gasteiger partial charge in [0.1, 0.15) is 0 Å². The molecule has 0 spiro atoms. The summed E-state index contributed by atoms with van der Waals surface area (Å²) < 4.78 is 9.08. The maximum atomic E-state index is 9.08. The van der Waals surface area contributed by atoms with Crippen molar-refractivity contribution in [3.05, 3.63) is 71.1 Å². The zero-order valence-electron chi connectivity index (χ0n) is 8.97. The molecule has 2 aromatic rings. The molecule has 0 unspecified atom stereocenters. The highest BCUT2D eigenvalue weighted by molar-refractivity contribution is 7.21. The Hall–Kier alpha value is -2.15. The minimum absolute atomic E-state index is 0.512. The van der Waals surface area contributed by atoms with Gasteiger partial charge in [-0.2, -0.15) is 0 Å². The van der Waals surface area contributed by atoms with Gasteiger partial charge in [0.25, 0.3) is 8.61 Å². The minimum atomic E-state index is -0.512. The Balaban J connectivity index is 0.000000249. The Bertz CT molecular complexity index is 458. The highest BCUT2D eigenvalue weighted by Gasteiger charge is 1.91. The van der Waals surface area contributed by atoms with E-state index in [1.54, 1.807) is 0 Å². The van der Waals surface area contributed by atoms with Gasteiger partial charge in [0, 0.05) is 9.80 Å². The Labute approximate surface area is 101 Å². The van der Waals surface area contributed by atoms with Crippen LogP contribution in [0.1, 0.15) is 0 Å². The first-order chi connectivity index (χ1) is 8.38. The number of rotatable bonds is 2. The fourth-order valence-corrected chi connectivity index (χ4v) is 1.31. The van der Waals surface area contributed by atoms with Crippen LogP contribution in [0.25, 0.3) is 21.6 Å². The number of hydrogen-bond acceptors (Lipinski definition) is 1. The molecule has 0 bridgehead atoms. The quantitative estimate of drug-likeness (QED) is 0.321. The molecule has 2 rings (SSSR count). The van der Waals surface area contributed by atoms with Crippen molar-refractivity contribution in [1.82, 2.24) is 0 Å². The molecular formula is C12H10N3OP. The average molecular weight is 243 g/mol. The Morgan fingerprint density at radius 3 is 1.53 bits per heavy atom. The fourth-order valence-electron chi connectivity index (χ4n) is 1.28. The second-order valence-electron chi connectivity index (χ2n) is 2.99. The summed E-state index contributed by atoms with van der Waals surface area (Å²) >= 11 is 0. The van der Waals surface area contributed by atoms with Gasteiger partial charge in [-0.25, -0.2) is 0 Å². The monoisotopic (exact) mass is 243 g/mol. The van der Waals surface area contributed by atoms with Crippen LogP contribution in [-0.2, 0) is 4.57 Å². The Kier molecular flexibility index (Phi) is 6.12. The first-order valence-electron chi connectivity index (χ1n) is 4.85. The second-order valence-corrected chi connectivity index (χ2v) is 3.33. The van der Waals surface area contributed by atoms with Crippen molar-refractivity contribution in [2.75, 3.05) is 0 Å². The van der Waals surface area contributed by atoms with Gasteiger partial charge < -0.3 is 0 Å². The van der Waals surface area contributed by atoms with Crippen LogP contribution in [-0.4, -0.2) is 0 Å². The van der Waals surface area contributed by atoms with Crippen molar-refractivity contribution in [2.24, 2.45) is 4.88 Å². The standard InChI is InChI=1S/C12H10.N3OP/c1-3-7-11(8-4-1)12-9-5-2-6-10-12;1-2-3-5-4/h1-10H;. The molecular weight excluding hydrogens is 233 g/mol. The average Bonchev–Trinajstić information content (AvgIpc) is 2.42. The van der Waals surface area contributed by atoms with E-state index in [2.05, 4.69) is 58.3 Å². The van der Waals surface area contributed by atoms with E-state index in [4.69, 9.17) is 10.1 Å². The van der Waals surface area contributed by atoms with Crippen LogP contribution in [0.3, 0.4) is 0 Å². The van der Waals surface area contributed by atoms with Crippen LogP contribution in [0.2, 0.25) is 0 Å². The highest BCUT2D eigenvalue weighted by atomic mass is 31.1. The molecule has 0 atom stereocenters. The molecule has 0 aliphatic heterocycles. The first-order valence-corrected chi connectivity index (χ1v) is 5.62. The highest BCUT2D eigenvalue weighted by Crippen LogP contribution is 2.17. The van der Waals surface area contributed by atoms with Crippen molar-refractivity contribution in [2.45, 2.75) is 0 Å². The SMILES string of the molecule is [N-]=[N+]=NP=O.c1ccc(-c2ccccc2)cc1. The predicted octanol–water partition coefficient (Wildman–Crippen LogP) is 4.86. The van der Waals surface area contributed by atoms with Crippen molar-refractivity contribution in [3.8, 4) is 11.1 Å². The van der Waals surface area contributed by atoms with E-state index in [-0.39, 0.29) is 0 Å². The lowest BCUT2D eigenvalue weighted by Crippen LogP contribution is -1.73. The summed E-state index contributed by atoms with van der Waals surface area (Å²) in [6, 6.07) is 20.8. The molecule has 0 aromatic heterocycles. The summed E-state index contributed by atoms with van der Waals surface area (Å²) in [5, 5.41) is 0. The summed E-state index contributed by atoms with van der Waals surface area (Å²) in [4.78, 5) is 4.72. The molecule has 0 aliphatic rings. The summed E-state index contributed by atoms with van der Waals surface area (Å²) in [6.45, 7) is 0. The lowest BCUT2D eigenvalue weighted by atomic mass is 10.1. The molecule has 0 saturated carbocycles. The van der Waals surface area contributed by atoms with Crippen molar-refractivity contribution in [3.63, 3.8) is 0 Å². The normalized spacial score (nSPS) is 8.71. The Morgan fingerprint density at radius 1 is 0.882 bits per heavy atom. The van der Waals surface area contributed by atoms with Crippen LogP contribution in [0.5, 0.6) is 0 Å². The van der Waals surface area contributed by atoms with Crippen LogP contribution in [0, 0.1) is 0 Å². The van der Waals surface area contributed by atoms with E-state index in [9.17, 15) is 0 Å². The molecule has 0 N–H and O–H groups in total. The largest absolute Gasteiger partial charge is 0.267 e. The van der Waals surface area contributed by atoms with Crippen molar-refractivity contribution >= 4 is 8.61 Å². The van der Waals surface area contributed by atoms with Gasteiger partial charge in [-0.15, -0.1) is 0 Å². The van der Waals surface area contributed by atoms with Gasteiger partial charge in [-0.1, -0.05) is 60.7 Å². The van der Waals surface area contributed by atoms with E-state index in [0.717, 1.165) is 0 Å². The summed E-state index contributed by atoms with van der Waals surface area (Å²) in [7, 11) is -0.512. The summed E-state index contributed by atoms with van der Waals surface area (Å²) in [5.74, 6) is 0. The van der Waals surface area contributed by atoms with Crippen LogP contribution >= 0.6 is 8.61 Å². The predicted molar refractivity (Wildman–Crippen MR) is 68.6 cm³/mol. The first kappa shape index (κ1) is 12.9. The van der Waals surface area contributed by atoms with E-state index in [1.165, 1.54) is 11.1 Å². The molecule has 0 radical (unpaired) electrons. The van der Waals surface area contributed by atoms with Gasteiger partial charge in [0.15, 0.2) is 0 Å². The van der Waals surface area contributed by atoms with Gasteiger partial charge in [-0.3, -0.25) is 4.57 Å². The smallest absolute Gasteiger partial charge is 0.254 e. The maximum absolute atomic E-state index is 9.08. The molecule has 0 fully saturated rings. The Morgan fingerprint density at radius 2 is 1.29 bits per heavy atom. The lowest BCUT2D eigenvalue weighted by Gasteiger charge is -1.98. The van der Waals surface area contributed by atoms with Crippen molar-refractivity contribution < 1.29 is 4.57 Å². The zero-order chi connectivity index (χ0) is 12.3. The van der Waals surface area contributed by atoms with Crippen LogP contribution in [0.4, 0.5) is 0 Å². The van der Waals surface area contributed by atoms with Crippen LogP contribution in [0.15, 0.2) is 65.5 Å². The molecule has 5 heteroatoms. The molecule has 2 aromatic carbocycles. The number of azide groups is 1. The van der Waals surface area contributed by atoms with E-state index in [0.29, 0.717) is 0 Å². The summed E-state index contributed by atoms with van der Waals surface area (Å²) in [6.07, 6.45) is 0. The molecule has 17 heavy (non-hydrogen) atoms. The lowest BCUT2D eigenvalue weighted by molar-refractivity contribution is 0.599. The molecule has 0 heterocycles. The van der Waals surface area contributed by atoms with Gasteiger partial charge in [0.2, 0.25) is 0 Å². The van der Waals surface area contributed by atoms with Crippen LogP contribution < -0.4 is 0 Å². The molecule has 4 nitrogen and oxygen atoms in total. The topological polar surface area (TPSA) is 65.8 Å². The van der Waals surface area contributed by atoms with Gasteiger partial charge in [0.05, 0.1) is 0 Å². The third kappa shape index (κ3) is 4.94. The van der Waals surface area contributed by atoms with E-state index < -0.39 is 8.61 Å². The zero-order valence-corrected chi connectivity index (χ0v) is 9.87. The molecule has 84 valence electrons. The second kappa shape index (κ2) is 8.05. The molecule has 0 saturated heterocycles. The van der Waals surface area contributed by atoms with Crippen molar-refractivity contribution in [1.29, 1.82) is 0 Å². The number of hydrogen-bond donors (Lipinski definition) is 0. The molecule has 0 amide bonds. The minimum Gasteiger partial charge on any atom is -0.267 e.